The number of aromatic nitrogens is 1. The lowest BCUT2D eigenvalue weighted by atomic mass is 9.70. The van der Waals surface area contributed by atoms with Crippen LogP contribution in [0, 0.1) is 29.6 Å². The third-order valence-corrected chi connectivity index (χ3v) is 17.2. The quantitative estimate of drug-likeness (QED) is 0.159. The average molecular weight is 992 g/mol. The number of ether oxygens (including phenoxy) is 8. The number of imide groups is 1. The minimum atomic E-state index is -1.46. The van der Waals surface area contributed by atoms with Crippen LogP contribution in [-0.4, -0.2) is 179 Å². The van der Waals surface area contributed by atoms with Crippen LogP contribution in [0.4, 0.5) is 0 Å². The van der Waals surface area contributed by atoms with Crippen LogP contribution in [0.3, 0.4) is 0 Å². The van der Waals surface area contributed by atoms with Gasteiger partial charge in [0.1, 0.15) is 35.0 Å². The van der Waals surface area contributed by atoms with Crippen molar-refractivity contribution in [3.63, 3.8) is 0 Å². The van der Waals surface area contributed by atoms with Crippen molar-refractivity contribution in [2.75, 3.05) is 40.6 Å². The van der Waals surface area contributed by atoms with Crippen molar-refractivity contribution in [2.45, 2.75) is 185 Å². The van der Waals surface area contributed by atoms with Gasteiger partial charge in [0, 0.05) is 63.1 Å². The summed E-state index contributed by atoms with van der Waals surface area (Å²) in [7, 11) is 6.79. The van der Waals surface area contributed by atoms with Gasteiger partial charge < -0.3 is 53.0 Å². The van der Waals surface area contributed by atoms with Crippen molar-refractivity contribution in [3.05, 3.63) is 29.6 Å². The van der Waals surface area contributed by atoms with Gasteiger partial charge in [-0.15, -0.1) is 11.8 Å². The van der Waals surface area contributed by atoms with Gasteiger partial charge in [-0.2, -0.15) is 0 Å². The number of amides is 2. The second kappa shape index (κ2) is 21.9. The predicted molar refractivity (Wildman–Crippen MR) is 253 cm³/mol. The van der Waals surface area contributed by atoms with E-state index < -0.39 is 125 Å². The Kier molecular flexibility index (Phi) is 17.6. The molecule has 4 fully saturated rings. The summed E-state index contributed by atoms with van der Waals surface area (Å²) < 4.78 is 51.5. The van der Waals surface area contributed by atoms with E-state index in [0.29, 0.717) is 18.6 Å². The number of cyclic esters (lactones) is 1. The minimum Gasteiger partial charge on any atom is -0.458 e. The van der Waals surface area contributed by atoms with Crippen LogP contribution in [0.2, 0.25) is 0 Å². The summed E-state index contributed by atoms with van der Waals surface area (Å²) in [6.45, 7) is 18.0. The van der Waals surface area contributed by atoms with Gasteiger partial charge in [0.15, 0.2) is 18.2 Å². The van der Waals surface area contributed by atoms with Crippen LogP contribution in [0.25, 0.3) is 0 Å². The second-order valence-corrected chi connectivity index (χ2v) is 22.1. The monoisotopic (exact) mass is 992 g/mol. The Morgan fingerprint density at radius 3 is 2.20 bits per heavy atom. The topological polar surface area (TPSA) is 219 Å². The summed E-state index contributed by atoms with van der Waals surface area (Å²) in [4.78, 5) is 77.6. The van der Waals surface area contributed by atoms with Gasteiger partial charge in [-0.3, -0.25) is 33.9 Å². The molecule has 19 heteroatoms. The number of rotatable bonds is 13. The fourth-order valence-electron chi connectivity index (χ4n) is 11.7. The first-order valence-corrected chi connectivity index (χ1v) is 25.6. The van der Waals surface area contributed by atoms with E-state index in [0.717, 1.165) is 4.90 Å². The van der Waals surface area contributed by atoms with Crippen molar-refractivity contribution in [1.82, 2.24) is 14.8 Å². The zero-order valence-electron chi connectivity index (χ0n) is 42.9. The van der Waals surface area contributed by atoms with E-state index in [4.69, 9.17) is 37.9 Å². The Morgan fingerprint density at radius 2 is 1.58 bits per heavy atom. The number of hydrogen-bond donors (Lipinski definition) is 2. The molecule has 18 nitrogen and oxygen atoms in total. The van der Waals surface area contributed by atoms with Crippen molar-refractivity contribution in [1.29, 1.82) is 0 Å². The van der Waals surface area contributed by atoms with Crippen LogP contribution in [0.15, 0.2) is 18.3 Å². The number of likely N-dealkylation sites (N-methyl/N-ethyl adjacent to an activating group) is 1. The van der Waals surface area contributed by atoms with E-state index in [9.17, 15) is 29.4 Å². The molecular formula is C50H77N3O15S. The molecule has 0 aromatic carbocycles. The summed E-state index contributed by atoms with van der Waals surface area (Å²) in [5.74, 6) is -6.07. The Morgan fingerprint density at radius 1 is 0.899 bits per heavy atom. The molecule has 0 bridgehead atoms. The van der Waals surface area contributed by atoms with Crippen molar-refractivity contribution < 1.29 is 72.1 Å². The standard InChI is InChI=1S/C50H77N3O15S/c1-15-33-50(10)35(40(46(60)68-50)69-21-17-20-53-43(57)31-18-16-19-51-36(31)44(53)58)27(4)37(54)25(2)23-49(9,62-14)42(67-47-38(55)32(52(11)12)22-26(3)63-47)28(5)39(29(6)45(59)65-33)66-34-24-48(8,61-13)41(56)30(7)64-34/h16,18-19,25-30,32-35,38-42,47,55-56H,15,17,20-24H2,1-14H3/t25-,26-,27+,28+,29-,30-,32+,33-,34+,35?,38-,39+,40?,41+,42-,47+,48-,49-,50-/m1/s1. The van der Waals surface area contributed by atoms with Gasteiger partial charge >= 0.3 is 11.9 Å². The summed E-state index contributed by atoms with van der Waals surface area (Å²) in [6, 6.07) is 2.85. The van der Waals surface area contributed by atoms with Gasteiger partial charge in [-0.25, -0.2) is 0 Å². The van der Waals surface area contributed by atoms with Crippen molar-refractivity contribution in [2.24, 2.45) is 29.6 Å². The minimum absolute atomic E-state index is 0.0948. The first kappa shape index (κ1) is 55.2. The second-order valence-electron chi connectivity index (χ2n) is 20.9. The fraction of sp³-hybridized carbons (Fsp3) is 0.800. The van der Waals surface area contributed by atoms with E-state index in [1.165, 1.54) is 32.2 Å². The highest BCUT2D eigenvalue weighted by molar-refractivity contribution is 8.00. The lowest BCUT2D eigenvalue weighted by molar-refractivity contribution is -0.319. The summed E-state index contributed by atoms with van der Waals surface area (Å²) in [5.41, 5.74) is -3.48. The molecule has 2 N–H and O–H groups in total. The van der Waals surface area contributed by atoms with E-state index in [-0.39, 0.29) is 55.0 Å². The zero-order chi connectivity index (χ0) is 51.1. The highest BCUT2D eigenvalue weighted by Crippen LogP contribution is 2.49. The lowest BCUT2D eigenvalue weighted by Gasteiger charge is -2.50. The molecule has 5 aliphatic heterocycles. The van der Waals surface area contributed by atoms with E-state index in [2.05, 4.69) is 4.98 Å². The molecule has 0 aliphatic carbocycles. The molecule has 0 spiro atoms. The van der Waals surface area contributed by atoms with Crippen LogP contribution in [-0.2, 0) is 52.3 Å². The SMILES string of the molecule is CC[C@H]1OC(=O)[C@H](C)[C@@H](O[C@H]2C[C@@](C)(OC)[C@@H](O)[C@@H](C)O2)[C@H](C)[C@@H](O[C@@H]2O[C@H](C)C[C@H](N(C)C)[C@H]2O)[C@](C)(OC)C[C@@H](C)C(=O)[C@@H](C)C2C(SCCCN3C(=O)c4cccnc4C3=O)C(=O)O[C@@]21C. The number of nitrogens with zero attached hydrogens (tertiary/aromatic N) is 3. The van der Waals surface area contributed by atoms with Crippen LogP contribution in [0.1, 0.15) is 122 Å². The molecule has 1 aromatic rings. The Hall–Kier alpha value is -3.11. The average Bonchev–Trinajstić information content (AvgIpc) is 3.71. The van der Waals surface area contributed by atoms with Gasteiger partial charge in [0.05, 0.1) is 47.1 Å². The third-order valence-electron chi connectivity index (χ3n) is 15.8. The smallest absolute Gasteiger partial charge is 0.320 e. The highest BCUT2D eigenvalue weighted by atomic mass is 32.2. The molecule has 388 valence electrons. The maximum absolute atomic E-state index is 15.1. The number of methoxy groups -OCH3 is 2. The zero-order valence-corrected chi connectivity index (χ0v) is 43.7. The van der Waals surface area contributed by atoms with Crippen LogP contribution < -0.4 is 0 Å². The number of esters is 2. The third kappa shape index (κ3) is 10.8. The predicted octanol–water partition coefficient (Wildman–Crippen LogP) is 4.44. The number of thioether (sulfide) groups is 1. The molecule has 6 rings (SSSR count). The van der Waals surface area contributed by atoms with Gasteiger partial charge in [-0.05, 0) is 99.2 Å². The fourth-order valence-corrected chi connectivity index (χ4v) is 13.1. The first-order valence-electron chi connectivity index (χ1n) is 24.5. The Labute approximate surface area is 411 Å². The van der Waals surface area contributed by atoms with E-state index in [1.54, 1.807) is 46.8 Å². The summed E-state index contributed by atoms with van der Waals surface area (Å²) in [6.07, 6.45) is -5.48. The maximum Gasteiger partial charge on any atom is 0.320 e. The first-order chi connectivity index (χ1) is 32.4. The van der Waals surface area contributed by atoms with Crippen LogP contribution in [0.5, 0.6) is 0 Å². The lowest BCUT2D eigenvalue weighted by Crippen LogP contribution is -2.61. The summed E-state index contributed by atoms with van der Waals surface area (Å²) in [5, 5.41) is 22.1. The molecule has 5 aliphatic rings. The maximum atomic E-state index is 15.1. The van der Waals surface area contributed by atoms with Gasteiger partial charge in [0.2, 0.25) is 0 Å². The number of pyridine rings is 1. The number of Topliss-reactive ketones (excluding diaryl/α,β-unsaturated/α-hetero) is 1. The largest absolute Gasteiger partial charge is 0.458 e. The number of ketones is 1. The van der Waals surface area contributed by atoms with Crippen molar-refractivity contribution in [3.8, 4) is 0 Å². The molecule has 0 radical (unpaired) electrons. The Balaban J connectivity index is 1.37. The number of carbonyl (C=O) groups is 5. The van der Waals surface area contributed by atoms with Gasteiger partial charge in [0.25, 0.3) is 11.8 Å². The van der Waals surface area contributed by atoms with Crippen LogP contribution >= 0.6 is 11.8 Å². The molecule has 69 heavy (non-hydrogen) atoms. The molecule has 1 aromatic heterocycles. The molecule has 2 unspecified atom stereocenters. The molecule has 4 saturated heterocycles. The van der Waals surface area contributed by atoms with Crippen molar-refractivity contribution >= 4 is 41.3 Å². The number of carbonyl (C=O) groups excluding carboxylic acids is 5. The highest BCUT2D eigenvalue weighted by Gasteiger charge is 2.62. The Bertz CT molecular complexity index is 1990. The molecule has 19 atom stereocenters. The number of fused-ring (bicyclic) bond motifs is 2. The van der Waals surface area contributed by atoms with E-state index >= 15 is 4.79 Å². The number of hydrogen-bond acceptors (Lipinski definition) is 18. The van der Waals surface area contributed by atoms with E-state index in [1.807, 2.05) is 53.6 Å². The molecule has 6 heterocycles. The molecular weight excluding hydrogens is 915 g/mol. The molecule has 2 amide bonds. The number of aliphatic hydroxyl groups is 2. The van der Waals surface area contributed by atoms with Gasteiger partial charge in [-0.1, -0.05) is 27.7 Å². The number of aliphatic hydroxyl groups excluding tert-OH is 2. The molecule has 0 saturated carbocycles. The normalized spacial score (nSPS) is 42.5. The summed E-state index contributed by atoms with van der Waals surface area (Å²) >= 11 is 1.28.